The molecule has 1 aromatic carbocycles. The molecule has 0 spiro atoms. The number of piperazine rings is 1. The van der Waals surface area contributed by atoms with E-state index < -0.39 is 0 Å². The van der Waals surface area contributed by atoms with Crippen LogP contribution in [-0.4, -0.2) is 68.4 Å². The van der Waals surface area contributed by atoms with Crippen molar-refractivity contribution in [1.29, 1.82) is 0 Å². The molecular formula is C21H27N5O3. The summed E-state index contributed by atoms with van der Waals surface area (Å²) < 4.78 is 10.7. The zero-order valence-electron chi connectivity index (χ0n) is 16.7. The second kappa shape index (κ2) is 9.09. The van der Waals surface area contributed by atoms with E-state index in [4.69, 9.17) is 9.47 Å². The summed E-state index contributed by atoms with van der Waals surface area (Å²) in [5.74, 6) is 1.46. The second-order valence-corrected chi connectivity index (χ2v) is 7.28. The normalized spacial score (nSPS) is 19.3. The van der Waals surface area contributed by atoms with Gasteiger partial charge < -0.3 is 24.6 Å². The Kier molecular flexibility index (Phi) is 6.09. The highest BCUT2D eigenvalue weighted by Gasteiger charge is 2.20. The van der Waals surface area contributed by atoms with E-state index in [9.17, 15) is 4.79 Å². The quantitative estimate of drug-likeness (QED) is 0.795. The molecule has 1 N–H and O–H groups in total. The van der Waals surface area contributed by atoms with E-state index in [1.165, 1.54) is 5.69 Å². The van der Waals surface area contributed by atoms with Crippen LogP contribution >= 0.6 is 0 Å². The highest BCUT2D eigenvalue weighted by molar-refractivity contribution is 5.92. The fourth-order valence-electron chi connectivity index (χ4n) is 3.69. The van der Waals surface area contributed by atoms with Gasteiger partial charge in [0, 0.05) is 45.0 Å². The van der Waals surface area contributed by atoms with Gasteiger partial charge in [0.25, 0.3) is 5.91 Å². The van der Waals surface area contributed by atoms with Crippen molar-refractivity contribution in [2.75, 3.05) is 56.2 Å². The van der Waals surface area contributed by atoms with Crippen LogP contribution in [0.5, 0.6) is 5.75 Å². The van der Waals surface area contributed by atoms with Crippen molar-refractivity contribution in [3.63, 3.8) is 0 Å². The number of carbonyl (C=O) groups is 1. The van der Waals surface area contributed by atoms with Crippen molar-refractivity contribution >= 4 is 17.4 Å². The SMILES string of the molecule is COc1ccc(N2CCN(c3cnc(C(=O)NCC4CCCO4)cn3)CC2)cc1. The summed E-state index contributed by atoms with van der Waals surface area (Å²) in [5, 5.41) is 2.88. The van der Waals surface area contributed by atoms with Gasteiger partial charge in [-0.25, -0.2) is 9.97 Å². The van der Waals surface area contributed by atoms with Crippen molar-refractivity contribution in [2.24, 2.45) is 0 Å². The molecule has 0 aliphatic carbocycles. The minimum absolute atomic E-state index is 0.119. The van der Waals surface area contributed by atoms with Crippen LogP contribution in [0.1, 0.15) is 23.3 Å². The van der Waals surface area contributed by atoms with Crippen LogP contribution in [-0.2, 0) is 4.74 Å². The molecule has 4 rings (SSSR count). The molecule has 2 aliphatic rings. The van der Waals surface area contributed by atoms with Crippen LogP contribution in [0.2, 0.25) is 0 Å². The number of amides is 1. The molecular weight excluding hydrogens is 370 g/mol. The van der Waals surface area contributed by atoms with Crippen LogP contribution in [0.3, 0.4) is 0 Å². The molecule has 3 heterocycles. The third-order valence-corrected chi connectivity index (χ3v) is 5.43. The average Bonchev–Trinajstić information content (AvgIpc) is 3.31. The Morgan fingerprint density at radius 3 is 2.52 bits per heavy atom. The highest BCUT2D eigenvalue weighted by Crippen LogP contribution is 2.22. The van der Waals surface area contributed by atoms with Crippen molar-refractivity contribution in [3.8, 4) is 5.75 Å². The van der Waals surface area contributed by atoms with E-state index in [0.717, 1.165) is 57.2 Å². The molecule has 1 unspecified atom stereocenters. The molecule has 8 heteroatoms. The number of nitrogens with one attached hydrogen (secondary N) is 1. The maximum atomic E-state index is 12.2. The molecule has 2 fully saturated rings. The first kappa shape index (κ1) is 19.4. The molecule has 0 bridgehead atoms. The molecule has 1 atom stereocenters. The van der Waals surface area contributed by atoms with Crippen LogP contribution in [0, 0.1) is 0 Å². The number of ether oxygens (including phenoxy) is 2. The molecule has 154 valence electrons. The minimum Gasteiger partial charge on any atom is -0.497 e. The summed E-state index contributed by atoms with van der Waals surface area (Å²) >= 11 is 0. The summed E-state index contributed by atoms with van der Waals surface area (Å²) in [7, 11) is 1.67. The number of hydrogen-bond donors (Lipinski definition) is 1. The van der Waals surface area contributed by atoms with Crippen molar-refractivity contribution < 1.29 is 14.3 Å². The number of aromatic nitrogens is 2. The second-order valence-electron chi connectivity index (χ2n) is 7.28. The Hall–Kier alpha value is -2.87. The Labute approximate surface area is 170 Å². The summed E-state index contributed by atoms with van der Waals surface area (Å²) in [4.78, 5) is 25.5. The van der Waals surface area contributed by atoms with E-state index in [2.05, 4.69) is 37.2 Å². The Morgan fingerprint density at radius 2 is 1.90 bits per heavy atom. The largest absolute Gasteiger partial charge is 0.497 e. The molecule has 1 aromatic heterocycles. The van der Waals surface area contributed by atoms with Gasteiger partial charge in [-0.3, -0.25) is 4.79 Å². The van der Waals surface area contributed by atoms with E-state index in [0.29, 0.717) is 12.2 Å². The lowest BCUT2D eigenvalue weighted by Gasteiger charge is -2.36. The number of rotatable bonds is 6. The highest BCUT2D eigenvalue weighted by atomic mass is 16.5. The van der Waals surface area contributed by atoms with Gasteiger partial charge in [0.15, 0.2) is 0 Å². The minimum atomic E-state index is -0.205. The van der Waals surface area contributed by atoms with Gasteiger partial charge >= 0.3 is 0 Å². The summed E-state index contributed by atoms with van der Waals surface area (Å²) in [5.41, 5.74) is 1.53. The van der Waals surface area contributed by atoms with E-state index in [-0.39, 0.29) is 12.0 Å². The van der Waals surface area contributed by atoms with E-state index in [1.54, 1.807) is 19.5 Å². The van der Waals surface area contributed by atoms with Crippen molar-refractivity contribution in [1.82, 2.24) is 15.3 Å². The zero-order valence-corrected chi connectivity index (χ0v) is 16.7. The van der Waals surface area contributed by atoms with Gasteiger partial charge in [-0.15, -0.1) is 0 Å². The Balaban J connectivity index is 1.28. The molecule has 8 nitrogen and oxygen atoms in total. The van der Waals surface area contributed by atoms with Crippen LogP contribution < -0.4 is 19.9 Å². The topological polar surface area (TPSA) is 79.8 Å². The van der Waals surface area contributed by atoms with Gasteiger partial charge in [-0.1, -0.05) is 0 Å². The Bertz CT molecular complexity index is 798. The first-order valence-corrected chi connectivity index (χ1v) is 10.1. The maximum Gasteiger partial charge on any atom is 0.271 e. The number of anilines is 2. The van der Waals surface area contributed by atoms with E-state index in [1.807, 2.05) is 12.1 Å². The van der Waals surface area contributed by atoms with Crippen LogP contribution in [0.25, 0.3) is 0 Å². The van der Waals surface area contributed by atoms with Crippen LogP contribution in [0.15, 0.2) is 36.7 Å². The molecule has 1 amide bonds. The first-order chi connectivity index (χ1) is 14.2. The summed E-state index contributed by atoms with van der Waals surface area (Å²) in [6, 6.07) is 8.13. The fourth-order valence-corrected chi connectivity index (χ4v) is 3.69. The number of carbonyl (C=O) groups excluding carboxylic acids is 1. The van der Waals surface area contributed by atoms with Gasteiger partial charge in [0.05, 0.1) is 25.6 Å². The van der Waals surface area contributed by atoms with Crippen LogP contribution in [0.4, 0.5) is 11.5 Å². The fraction of sp³-hybridized carbons (Fsp3) is 0.476. The molecule has 2 aromatic rings. The number of benzene rings is 1. The lowest BCUT2D eigenvalue weighted by atomic mass is 10.2. The van der Waals surface area contributed by atoms with Gasteiger partial charge in [0.2, 0.25) is 0 Å². The van der Waals surface area contributed by atoms with E-state index >= 15 is 0 Å². The zero-order chi connectivity index (χ0) is 20.1. The number of methoxy groups -OCH3 is 1. The lowest BCUT2D eigenvalue weighted by Crippen LogP contribution is -2.46. The predicted molar refractivity (Wildman–Crippen MR) is 111 cm³/mol. The van der Waals surface area contributed by atoms with Crippen molar-refractivity contribution in [3.05, 3.63) is 42.4 Å². The first-order valence-electron chi connectivity index (χ1n) is 10.1. The average molecular weight is 397 g/mol. The van der Waals surface area contributed by atoms with Crippen molar-refractivity contribution in [2.45, 2.75) is 18.9 Å². The predicted octanol–water partition coefficient (Wildman–Crippen LogP) is 1.72. The molecule has 0 radical (unpaired) electrons. The number of hydrogen-bond acceptors (Lipinski definition) is 7. The standard InChI is InChI=1S/C21H27N5O3/c1-28-17-6-4-16(5-7-17)25-8-10-26(11-9-25)20-15-22-19(14-23-20)21(27)24-13-18-3-2-12-29-18/h4-7,14-15,18H,2-3,8-13H2,1H3,(H,24,27). The van der Waals surface area contributed by atoms with Gasteiger partial charge in [-0.05, 0) is 37.1 Å². The summed E-state index contributed by atoms with van der Waals surface area (Å²) in [6.45, 7) is 4.81. The molecule has 2 saturated heterocycles. The third kappa shape index (κ3) is 4.76. The molecule has 2 aliphatic heterocycles. The summed E-state index contributed by atoms with van der Waals surface area (Å²) in [6.07, 6.45) is 5.40. The molecule has 29 heavy (non-hydrogen) atoms. The van der Waals surface area contributed by atoms with Gasteiger partial charge in [0.1, 0.15) is 17.3 Å². The monoisotopic (exact) mass is 397 g/mol. The van der Waals surface area contributed by atoms with Gasteiger partial charge in [-0.2, -0.15) is 0 Å². The smallest absolute Gasteiger partial charge is 0.271 e. The lowest BCUT2D eigenvalue weighted by molar-refractivity contribution is 0.0853. The third-order valence-electron chi connectivity index (χ3n) is 5.43. The Morgan fingerprint density at radius 1 is 1.14 bits per heavy atom. The maximum absolute atomic E-state index is 12.2. The molecule has 0 saturated carbocycles. The number of nitrogens with zero attached hydrogens (tertiary/aromatic N) is 4.